The van der Waals surface area contributed by atoms with Crippen LogP contribution in [0, 0.1) is 0 Å². The Balaban J connectivity index is 2.28. The molecular weight excluding hydrogens is 413 g/mol. The summed E-state index contributed by atoms with van der Waals surface area (Å²) in [5.74, 6) is -0.543. The van der Waals surface area contributed by atoms with E-state index < -0.39 is 21.5 Å². The Morgan fingerprint density at radius 1 is 1.15 bits per heavy atom. The summed E-state index contributed by atoms with van der Waals surface area (Å²) in [6, 6.07) is 7.11. The molecule has 0 saturated heterocycles. The number of carbonyl (C=O) groups excluding carboxylic acids is 1. The van der Waals surface area contributed by atoms with Crippen molar-refractivity contribution in [3.8, 4) is 0 Å². The van der Waals surface area contributed by atoms with Gasteiger partial charge in [0.2, 0.25) is 15.9 Å². The van der Waals surface area contributed by atoms with Crippen LogP contribution < -0.4 is 10.9 Å². The minimum absolute atomic E-state index is 0.0561. The molecule has 1 heterocycles. The van der Waals surface area contributed by atoms with E-state index in [0.717, 1.165) is 16.8 Å². The number of halogens is 2. The fourth-order valence-electron chi connectivity index (χ4n) is 2.44. The zero-order chi connectivity index (χ0) is 20.2. The van der Waals surface area contributed by atoms with Gasteiger partial charge < -0.3 is 9.88 Å². The molecule has 10 heteroatoms. The first-order chi connectivity index (χ1) is 12.7. The number of nitrogens with zero attached hydrogens (tertiary/aromatic N) is 2. The number of anilines is 1. The van der Waals surface area contributed by atoms with Crippen molar-refractivity contribution in [2.75, 3.05) is 18.4 Å². The molecule has 0 bridgehead atoms. The largest absolute Gasteiger partial charge is 0.323 e. The number of nitrogens with one attached hydrogen (secondary N) is 1. The molecule has 1 aromatic heterocycles. The highest BCUT2D eigenvalue weighted by atomic mass is 35.5. The number of aromatic nitrogens is 1. The molecule has 1 N–H and O–H groups in total. The smallest absolute Gasteiger partial charge is 0.251 e. The zero-order valence-electron chi connectivity index (χ0n) is 14.8. The summed E-state index contributed by atoms with van der Waals surface area (Å²) in [5.41, 5.74) is -0.199. The molecule has 2 aromatic rings. The van der Waals surface area contributed by atoms with Gasteiger partial charge in [-0.1, -0.05) is 43.1 Å². The van der Waals surface area contributed by atoms with E-state index in [4.69, 9.17) is 23.2 Å². The predicted molar refractivity (Wildman–Crippen MR) is 106 cm³/mol. The Hall–Kier alpha value is -1.87. The Morgan fingerprint density at radius 3 is 2.44 bits per heavy atom. The van der Waals surface area contributed by atoms with Crippen molar-refractivity contribution >= 4 is 44.8 Å². The highest BCUT2D eigenvalue weighted by Gasteiger charge is 2.22. The molecule has 7 nitrogen and oxygen atoms in total. The molecule has 0 radical (unpaired) electrons. The van der Waals surface area contributed by atoms with Crippen LogP contribution in [0.5, 0.6) is 0 Å². The Morgan fingerprint density at radius 2 is 1.81 bits per heavy atom. The van der Waals surface area contributed by atoms with Crippen molar-refractivity contribution in [3.05, 3.63) is 56.9 Å². The summed E-state index contributed by atoms with van der Waals surface area (Å²) < 4.78 is 27.5. The van der Waals surface area contributed by atoms with Gasteiger partial charge in [0, 0.05) is 25.4 Å². The summed E-state index contributed by atoms with van der Waals surface area (Å²) in [7, 11) is -3.74. The van der Waals surface area contributed by atoms with Crippen LogP contribution in [-0.4, -0.2) is 36.3 Å². The molecule has 27 heavy (non-hydrogen) atoms. The number of hydrogen-bond donors (Lipinski definition) is 1. The van der Waals surface area contributed by atoms with E-state index in [2.05, 4.69) is 5.32 Å². The lowest BCUT2D eigenvalue weighted by Crippen LogP contribution is -2.33. The average Bonchev–Trinajstić information content (AvgIpc) is 2.61. The van der Waals surface area contributed by atoms with Crippen LogP contribution >= 0.6 is 23.2 Å². The maximum Gasteiger partial charge on any atom is 0.251 e. The van der Waals surface area contributed by atoms with Crippen LogP contribution in [0.15, 0.2) is 46.2 Å². The Labute approximate surface area is 167 Å². The molecule has 0 aliphatic rings. The van der Waals surface area contributed by atoms with Crippen molar-refractivity contribution in [1.82, 2.24) is 8.87 Å². The number of pyridine rings is 1. The zero-order valence-corrected chi connectivity index (χ0v) is 17.1. The van der Waals surface area contributed by atoms with Gasteiger partial charge in [0.1, 0.15) is 6.54 Å². The molecule has 0 saturated carbocycles. The number of benzene rings is 1. The Kier molecular flexibility index (Phi) is 7.05. The van der Waals surface area contributed by atoms with E-state index in [1.807, 2.05) is 0 Å². The molecule has 146 valence electrons. The maximum atomic E-state index is 12.6. The van der Waals surface area contributed by atoms with Crippen LogP contribution in [-0.2, 0) is 21.4 Å². The minimum Gasteiger partial charge on any atom is -0.323 e. The number of hydrogen-bond acceptors (Lipinski definition) is 4. The van der Waals surface area contributed by atoms with E-state index in [-0.39, 0.29) is 21.5 Å². The summed E-state index contributed by atoms with van der Waals surface area (Å²) in [5, 5.41) is 3.01. The van der Waals surface area contributed by atoms with E-state index in [1.165, 1.54) is 10.4 Å². The highest BCUT2D eigenvalue weighted by Crippen LogP contribution is 2.29. The van der Waals surface area contributed by atoms with Gasteiger partial charge in [0.15, 0.2) is 0 Å². The molecule has 0 unspecified atom stereocenters. The highest BCUT2D eigenvalue weighted by molar-refractivity contribution is 7.89. The fraction of sp³-hybridized carbons (Fsp3) is 0.294. The van der Waals surface area contributed by atoms with E-state index >= 15 is 0 Å². The SMILES string of the molecule is CCN(CC)S(=O)(=O)c1ccc(=O)n(CC(=O)Nc2cccc(Cl)c2Cl)c1. The van der Waals surface area contributed by atoms with Gasteiger partial charge in [-0.15, -0.1) is 0 Å². The molecule has 0 spiro atoms. The number of rotatable bonds is 7. The van der Waals surface area contributed by atoms with Crippen molar-refractivity contribution in [2.24, 2.45) is 0 Å². The van der Waals surface area contributed by atoms with Gasteiger partial charge in [-0.3, -0.25) is 9.59 Å². The second-order valence-corrected chi connectivity index (χ2v) is 8.29. The van der Waals surface area contributed by atoms with Gasteiger partial charge in [-0.2, -0.15) is 4.31 Å². The number of amides is 1. The molecule has 0 fully saturated rings. The third-order valence-electron chi connectivity index (χ3n) is 3.84. The quantitative estimate of drug-likeness (QED) is 0.729. The van der Waals surface area contributed by atoms with Crippen LogP contribution in [0.3, 0.4) is 0 Å². The summed E-state index contributed by atoms with van der Waals surface area (Å²) >= 11 is 11.9. The van der Waals surface area contributed by atoms with Gasteiger partial charge in [-0.25, -0.2) is 8.42 Å². The molecule has 2 rings (SSSR count). The molecule has 1 amide bonds. The average molecular weight is 432 g/mol. The normalized spacial score (nSPS) is 11.6. The lowest BCUT2D eigenvalue weighted by molar-refractivity contribution is -0.116. The van der Waals surface area contributed by atoms with E-state index in [1.54, 1.807) is 32.0 Å². The Bertz CT molecular complexity index is 1000. The van der Waals surface area contributed by atoms with Crippen LogP contribution in [0.4, 0.5) is 5.69 Å². The van der Waals surface area contributed by atoms with Crippen molar-refractivity contribution in [3.63, 3.8) is 0 Å². The first kappa shape index (κ1) is 21.4. The summed E-state index contributed by atoms with van der Waals surface area (Å²) in [6.45, 7) is 3.67. The third kappa shape index (κ3) is 4.90. The molecule has 0 aliphatic carbocycles. The maximum absolute atomic E-state index is 12.6. The monoisotopic (exact) mass is 431 g/mol. The van der Waals surface area contributed by atoms with E-state index in [0.29, 0.717) is 18.8 Å². The standard InChI is InChI=1S/C17H19Cl2N3O4S/c1-3-22(4-2)27(25,26)12-8-9-16(24)21(10-12)11-15(23)20-14-7-5-6-13(18)17(14)19/h5-10H,3-4,11H2,1-2H3,(H,20,23). The first-order valence-electron chi connectivity index (χ1n) is 8.15. The van der Waals surface area contributed by atoms with Gasteiger partial charge >= 0.3 is 0 Å². The molecule has 1 aromatic carbocycles. The van der Waals surface area contributed by atoms with Gasteiger partial charge in [-0.05, 0) is 18.2 Å². The van der Waals surface area contributed by atoms with Gasteiger partial charge in [0.05, 0.1) is 20.6 Å². The predicted octanol–water partition coefficient (Wildman–Crippen LogP) is 2.82. The van der Waals surface area contributed by atoms with Crippen molar-refractivity contribution in [2.45, 2.75) is 25.3 Å². The summed E-state index contributed by atoms with van der Waals surface area (Å²) in [6.07, 6.45) is 1.16. The van der Waals surface area contributed by atoms with Crippen molar-refractivity contribution < 1.29 is 13.2 Å². The van der Waals surface area contributed by atoms with Crippen LogP contribution in [0.25, 0.3) is 0 Å². The van der Waals surface area contributed by atoms with Crippen molar-refractivity contribution in [1.29, 1.82) is 0 Å². The van der Waals surface area contributed by atoms with Crippen LogP contribution in [0.2, 0.25) is 10.0 Å². The van der Waals surface area contributed by atoms with Gasteiger partial charge in [0.25, 0.3) is 5.56 Å². The lowest BCUT2D eigenvalue weighted by atomic mass is 10.3. The molecular formula is C17H19Cl2N3O4S. The second kappa shape index (κ2) is 8.88. The summed E-state index contributed by atoms with van der Waals surface area (Å²) in [4.78, 5) is 24.3. The molecule has 0 aliphatic heterocycles. The van der Waals surface area contributed by atoms with E-state index in [9.17, 15) is 18.0 Å². The number of carbonyl (C=O) groups is 1. The third-order valence-corrected chi connectivity index (χ3v) is 6.69. The minimum atomic E-state index is -3.74. The second-order valence-electron chi connectivity index (χ2n) is 5.57. The lowest BCUT2D eigenvalue weighted by Gasteiger charge is -2.19. The topological polar surface area (TPSA) is 88.5 Å². The fourth-order valence-corrected chi connectivity index (χ4v) is 4.27. The molecule has 0 atom stereocenters. The number of sulfonamides is 1. The van der Waals surface area contributed by atoms with Crippen LogP contribution in [0.1, 0.15) is 13.8 Å². The first-order valence-corrected chi connectivity index (χ1v) is 10.3.